The van der Waals surface area contributed by atoms with Gasteiger partial charge >= 0.3 is 6.03 Å². The van der Waals surface area contributed by atoms with Crippen molar-refractivity contribution in [2.24, 2.45) is 0 Å². The Labute approximate surface area is 383 Å². The number of piperidine rings is 1. The summed E-state index contributed by atoms with van der Waals surface area (Å²) in [6.07, 6.45) is 5.55. The molecule has 3 radical (unpaired) electrons. The van der Waals surface area contributed by atoms with Gasteiger partial charge in [0.15, 0.2) is 28.5 Å². The monoisotopic (exact) mass is 933 g/mol. The SMILES string of the molecule is CCN(C)S(=O)Nc1ccc(F)c(Oc2ccc3nc[nH]c(=O)c3c2)c1C#N.O=C1CCN(c2ccc(N3CCN(CC(=O)N4CCC5(CCCO5)CC4)CC3)c(OSF)c2)C(=O)N1.[B]. The van der Waals surface area contributed by atoms with Crippen molar-refractivity contribution >= 4 is 77.8 Å². The molecule has 4 aliphatic heterocycles. The molecule has 0 aliphatic carbocycles. The van der Waals surface area contributed by atoms with Crippen molar-refractivity contribution in [2.45, 2.75) is 44.6 Å². The minimum absolute atomic E-state index is 0. The van der Waals surface area contributed by atoms with E-state index in [1.54, 1.807) is 31.3 Å². The highest BCUT2D eigenvalue weighted by molar-refractivity contribution is 7.89. The average molecular weight is 934 g/mol. The van der Waals surface area contributed by atoms with Gasteiger partial charge in [-0.3, -0.25) is 34.2 Å². The van der Waals surface area contributed by atoms with Crippen LogP contribution >= 0.6 is 12.4 Å². The molecule has 1 spiro atoms. The third kappa shape index (κ3) is 11.5. The van der Waals surface area contributed by atoms with Crippen LogP contribution in [0.3, 0.4) is 0 Å². The average Bonchev–Trinajstić information content (AvgIpc) is 3.75. The van der Waals surface area contributed by atoms with Gasteiger partial charge in [-0.05, 0) is 68.1 Å². The first-order chi connectivity index (χ1) is 30.9. The van der Waals surface area contributed by atoms with Crippen molar-refractivity contribution in [3.63, 3.8) is 0 Å². The van der Waals surface area contributed by atoms with Gasteiger partial charge in [0.25, 0.3) is 18.0 Å². The van der Waals surface area contributed by atoms with Crippen LogP contribution in [0.1, 0.15) is 44.6 Å². The van der Waals surface area contributed by atoms with Crippen LogP contribution in [0, 0.1) is 17.1 Å². The summed E-state index contributed by atoms with van der Waals surface area (Å²) in [4.78, 5) is 62.6. The largest absolute Gasteiger partial charge is 0.453 e. The number of nitrogens with one attached hydrogen (secondary N) is 3. The number of aromatic nitrogens is 2. The first kappa shape index (κ1) is 48.7. The van der Waals surface area contributed by atoms with Crippen LogP contribution in [0.2, 0.25) is 0 Å². The van der Waals surface area contributed by atoms with Crippen LogP contribution in [0.5, 0.6) is 17.2 Å². The number of benzene rings is 3. The first-order valence-electron chi connectivity index (χ1n) is 20.8. The zero-order chi connectivity index (χ0) is 45.4. The molecule has 4 fully saturated rings. The van der Waals surface area contributed by atoms with E-state index >= 15 is 0 Å². The Morgan fingerprint density at radius 2 is 1.83 bits per heavy atom. The standard InChI is InChI=1S/C24H32FN5O5S.C18H16FN5O3S.B/c25-36-35-20-16-18(30-8-4-21(31)26-23(30)33)2-3-19(20)28-13-11-27(12-14-28)17-22(32)29-9-6-24(7-10-29)5-1-15-34-24;1-3-24(2)28(26)23-16-7-5-14(19)17(13(16)9-20)27-11-4-6-15-12(8-11)18(25)22-10-21-15;/h2-3,16H,1,4-15,17H2,(H,26,31,33);4-8,10,23H,3H2,1-2H3,(H,21,22,25);. The predicted octanol–water partition coefficient (Wildman–Crippen LogP) is 4.63. The van der Waals surface area contributed by atoms with Gasteiger partial charge in [0.05, 0.1) is 40.8 Å². The Balaban J connectivity index is 0.000000219. The van der Waals surface area contributed by atoms with E-state index in [-0.39, 0.29) is 84.9 Å². The Bertz CT molecular complexity index is 2490. The van der Waals surface area contributed by atoms with Crippen LogP contribution in [0.4, 0.5) is 30.1 Å². The summed E-state index contributed by atoms with van der Waals surface area (Å²) in [5.41, 5.74) is 1.36. The van der Waals surface area contributed by atoms with Gasteiger partial charge in [0.1, 0.15) is 17.4 Å². The summed E-state index contributed by atoms with van der Waals surface area (Å²) in [7, 11) is 1.64. The summed E-state index contributed by atoms with van der Waals surface area (Å²) in [6, 6.07) is 13.5. The molecule has 3 aromatic carbocycles. The molecule has 4 aliphatic rings. The molecule has 4 saturated heterocycles. The fraction of sp³-hybridized carbons (Fsp3) is 0.429. The quantitative estimate of drug-likeness (QED) is 0.131. The van der Waals surface area contributed by atoms with Crippen LogP contribution in [0.15, 0.2) is 59.7 Å². The molecule has 3 N–H and O–H groups in total. The maximum Gasteiger partial charge on any atom is 0.328 e. The lowest BCUT2D eigenvalue weighted by Crippen LogP contribution is -2.52. The van der Waals surface area contributed by atoms with Crippen molar-refractivity contribution < 1.29 is 40.5 Å². The second-order valence-corrected chi connectivity index (χ2v) is 17.2. The number of anilines is 3. The van der Waals surface area contributed by atoms with E-state index < -0.39 is 23.0 Å². The van der Waals surface area contributed by atoms with E-state index in [4.69, 9.17) is 13.7 Å². The number of imide groups is 1. The van der Waals surface area contributed by atoms with Crippen molar-refractivity contribution in [3.8, 4) is 23.3 Å². The number of piperazine rings is 1. The van der Waals surface area contributed by atoms with Gasteiger partial charge in [0.2, 0.25) is 11.8 Å². The second-order valence-electron chi connectivity index (χ2n) is 15.6. The van der Waals surface area contributed by atoms with Crippen LogP contribution < -0.4 is 34.3 Å². The summed E-state index contributed by atoms with van der Waals surface area (Å²) in [6.45, 7) is 8.06. The lowest BCUT2D eigenvalue weighted by Gasteiger charge is -2.40. The summed E-state index contributed by atoms with van der Waals surface area (Å²) < 4.78 is 60.6. The van der Waals surface area contributed by atoms with Gasteiger partial charge < -0.3 is 28.4 Å². The molecular weight excluding hydrogens is 885 g/mol. The zero-order valence-electron chi connectivity index (χ0n) is 35.8. The number of ether oxygens (including phenoxy) is 2. The normalized spacial score (nSPS) is 17.8. The van der Waals surface area contributed by atoms with Crippen molar-refractivity contribution in [3.05, 3.63) is 76.6 Å². The van der Waals surface area contributed by atoms with Crippen molar-refractivity contribution in [2.75, 3.05) is 87.1 Å². The van der Waals surface area contributed by atoms with E-state index in [1.807, 2.05) is 17.9 Å². The van der Waals surface area contributed by atoms with Crippen LogP contribution in [-0.2, 0) is 25.5 Å². The molecule has 8 rings (SSSR count). The van der Waals surface area contributed by atoms with E-state index in [1.165, 1.54) is 33.7 Å². The second kappa shape index (κ2) is 21.9. The highest BCUT2D eigenvalue weighted by atomic mass is 32.2. The number of carbonyl (C=O) groups excluding carboxylic acids is 3. The van der Waals surface area contributed by atoms with E-state index in [0.717, 1.165) is 57.1 Å². The maximum atomic E-state index is 14.4. The fourth-order valence-corrected chi connectivity index (χ4v) is 8.92. The summed E-state index contributed by atoms with van der Waals surface area (Å²) in [5, 5.41) is 12.1. The Morgan fingerprint density at radius 3 is 2.51 bits per heavy atom. The van der Waals surface area contributed by atoms with E-state index in [0.29, 0.717) is 56.2 Å². The molecule has 343 valence electrons. The summed E-state index contributed by atoms with van der Waals surface area (Å²) in [5.74, 6) is -0.778. The highest BCUT2D eigenvalue weighted by Gasteiger charge is 2.39. The van der Waals surface area contributed by atoms with Crippen molar-refractivity contribution in [1.82, 2.24) is 29.4 Å². The topological polar surface area (TPSA) is 206 Å². The van der Waals surface area contributed by atoms with Gasteiger partial charge in [0, 0.05) is 92.6 Å². The van der Waals surface area contributed by atoms with Crippen LogP contribution in [0.25, 0.3) is 10.9 Å². The Hall–Kier alpha value is -5.80. The molecule has 23 heteroatoms. The molecule has 1 aromatic heterocycles. The van der Waals surface area contributed by atoms with Gasteiger partial charge in [-0.2, -0.15) is 5.26 Å². The van der Waals surface area contributed by atoms with E-state index in [9.17, 15) is 36.9 Å². The lowest BCUT2D eigenvalue weighted by molar-refractivity contribution is -0.137. The van der Waals surface area contributed by atoms with Crippen LogP contribution in [-0.4, -0.2) is 133 Å². The molecule has 65 heavy (non-hydrogen) atoms. The van der Waals surface area contributed by atoms with Gasteiger partial charge in [-0.1, -0.05) is 6.92 Å². The van der Waals surface area contributed by atoms with Gasteiger partial charge in [-0.25, -0.2) is 22.7 Å². The Morgan fingerprint density at radius 1 is 1.06 bits per heavy atom. The fourth-order valence-electron chi connectivity index (χ4n) is 7.97. The molecule has 5 heterocycles. The number of nitriles is 1. The Kier molecular flexibility index (Phi) is 16.4. The predicted molar refractivity (Wildman–Crippen MR) is 243 cm³/mol. The number of nitrogens with zero attached hydrogens (tertiary/aromatic N) is 7. The minimum Gasteiger partial charge on any atom is -0.453 e. The number of likely N-dealkylation sites (tertiary alicyclic amines) is 1. The molecular formula is C42H48BF2N10O8S2. The number of halogens is 2. The van der Waals surface area contributed by atoms with Gasteiger partial charge in [-0.15, -0.1) is 3.89 Å². The first-order valence-corrected chi connectivity index (χ1v) is 22.5. The molecule has 4 aromatic rings. The molecule has 4 amide bonds. The molecule has 0 bridgehead atoms. The molecule has 1 unspecified atom stereocenters. The zero-order valence-corrected chi connectivity index (χ0v) is 37.5. The number of urea groups is 1. The molecule has 0 saturated carbocycles. The number of rotatable bonds is 12. The van der Waals surface area contributed by atoms with Crippen molar-refractivity contribution in [1.29, 1.82) is 5.26 Å². The van der Waals surface area contributed by atoms with E-state index in [2.05, 4.69) is 29.8 Å². The number of fused-ring (bicyclic) bond motifs is 1. The maximum absolute atomic E-state index is 14.4. The number of aromatic amines is 1. The molecule has 1 atom stereocenters. The smallest absolute Gasteiger partial charge is 0.328 e. The number of amides is 4. The third-order valence-electron chi connectivity index (χ3n) is 11.7. The minimum atomic E-state index is -1.61. The summed E-state index contributed by atoms with van der Waals surface area (Å²) >= 11 is -1.86. The number of hydrogen-bond donors (Lipinski definition) is 3. The highest BCUT2D eigenvalue weighted by Crippen LogP contribution is 2.38. The lowest BCUT2D eigenvalue weighted by atomic mass is 9.88. The molecule has 18 nitrogen and oxygen atoms in total. The third-order valence-corrected chi connectivity index (χ3v) is 13.2. The number of hydrogen-bond acceptors (Lipinski definition) is 13. The number of H-pyrrole nitrogens is 1. The number of carbonyl (C=O) groups is 3.